The van der Waals surface area contributed by atoms with Crippen molar-refractivity contribution in [3.8, 4) is 0 Å². The molecule has 0 radical (unpaired) electrons. The predicted octanol–water partition coefficient (Wildman–Crippen LogP) is 2.37. The number of carbonyl (C=O) groups excluding carboxylic acids is 2. The monoisotopic (exact) mass is 284 g/mol. The Morgan fingerprint density at radius 1 is 1.29 bits per heavy atom. The molecule has 1 aromatic rings. The van der Waals surface area contributed by atoms with Gasteiger partial charge in [0.1, 0.15) is 6.61 Å². The van der Waals surface area contributed by atoms with Crippen LogP contribution in [0.15, 0.2) is 54.1 Å². The number of ether oxygens (including phenoxy) is 2. The minimum atomic E-state index is -0.721. The molecule has 1 heterocycles. The maximum absolute atomic E-state index is 12.1. The van der Waals surface area contributed by atoms with Crippen LogP contribution in [-0.4, -0.2) is 24.6 Å². The smallest absolute Gasteiger partial charge is 0.304 e. The zero-order valence-corrected chi connectivity index (χ0v) is 11.7. The van der Waals surface area contributed by atoms with E-state index in [9.17, 15) is 9.59 Å². The van der Waals surface area contributed by atoms with E-state index >= 15 is 0 Å². The molecule has 1 aromatic carbocycles. The number of hydrogen-bond donors (Lipinski definition) is 0. The third kappa shape index (κ3) is 2.67. The Morgan fingerprint density at radius 3 is 2.76 bits per heavy atom. The molecule has 1 saturated heterocycles. The van der Waals surface area contributed by atoms with Crippen molar-refractivity contribution in [2.45, 2.75) is 19.1 Å². The van der Waals surface area contributed by atoms with Gasteiger partial charge in [-0.1, -0.05) is 48.6 Å². The van der Waals surface area contributed by atoms with Gasteiger partial charge < -0.3 is 9.47 Å². The first-order valence-corrected chi connectivity index (χ1v) is 6.92. The number of Topliss-reactive ketones (excluding diaryl/α,β-unsaturated/α-hetero) is 1. The molecule has 108 valence electrons. The molecule has 4 heteroatoms. The van der Waals surface area contributed by atoms with Crippen LogP contribution in [0, 0.1) is 5.92 Å². The van der Waals surface area contributed by atoms with E-state index in [1.807, 2.05) is 42.5 Å². The van der Waals surface area contributed by atoms with Crippen molar-refractivity contribution in [2.75, 3.05) is 6.61 Å². The first-order chi connectivity index (χ1) is 10.2. The van der Waals surface area contributed by atoms with Gasteiger partial charge in [0.2, 0.25) is 6.29 Å². The van der Waals surface area contributed by atoms with Crippen molar-refractivity contribution in [1.29, 1.82) is 0 Å². The van der Waals surface area contributed by atoms with Crippen molar-refractivity contribution in [2.24, 2.45) is 5.92 Å². The highest BCUT2D eigenvalue weighted by Crippen LogP contribution is 2.40. The van der Waals surface area contributed by atoms with Gasteiger partial charge in [0.05, 0.1) is 5.92 Å². The molecule has 0 bridgehead atoms. The number of carbonyl (C=O) groups is 2. The summed E-state index contributed by atoms with van der Waals surface area (Å²) >= 11 is 0. The number of hydrogen-bond acceptors (Lipinski definition) is 4. The van der Waals surface area contributed by atoms with E-state index in [0.29, 0.717) is 5.57 Å². The van der Waals surface area contributed by atoms with E-state index in [0.717, 1.165) is 5.56 Å². The maximum Gasteiger partial charge on any atom is 0.304 e. The fourth-order valence-corrected chi connectivity index (χ4v) is 2.91. The van der Waals surface area contributed by atoms with Crippen LogP contribution < -0.4 is 0 Å². The fourth-order valence-electron chi connectivity index (χ4n) is 2.91. The highest BCUT2D eigenvalue weighted by Gasteiger charge is 2.42. The molecule has 4 nitrogen and oxygen atoms in total. The molecule has 1 aliphatic heterocycles. The molecular formula is C17H16O4. The summed E-state index contributed by atoms with van der Waals surface area (Å²) in [5, 5.41) is 0. The van der Waals surface area contributed by atoms with Crippen LogP contribution in [0.3, 0.4) is 0 Å². The predicted molar refractivity (Wildman–Crippen MR) is 76.4 cm³/mol. The van der Waals surface area contributed by atoms with Crippen molar-refractivity contribution in [1.82, 2.24) is 0 Å². The molecule has 21 heavy (non-hydrogen) atoms. The summed E-state index contributed by atoms with van der Waals surface area (Å²) in [7, 11) is 0. The highest BCUT2D eigenvalue weighted by molar-refractivity contribution is 5.98. The third-order valence-corrected chi connectivity index (χ3v) is 3.80. The van der Waals surface area contributed by atoms with Crippen LogP contribution in [0.4, 0.5) is 0 Å². The second-order valence-corrected chi connectivity index (χ2v) is 5.18. The number of allylic oxidation sites excluding steroid dienone is 3. The number of fused-ring (bicyclic) bond motifs is 1. The minimum absolute atomic E-state index is 0.0419. The third-order valence-electron chi connectivity index (χ3n) is 3.80. The molecule has 1 fully saturated rings. The minimum Gasteiger partial charge on any atom is -0.435 e. The average molecular weight is 284 g/mol. The lowest BCUT2D eigenvalue weighted by molar-refractivity contribution is -0.194. The Balaban J connectivity index is 1.98. The van der Waals surface area contributed by atoms with Gasteiger partial charge in [-0.2, -0.15) is 0 Å². The molecular weight excluding hydrogens is 268 g/mol. The zero-order valence-electron chi connectivity index (χ0n) is 11.7. The van der Waals surface area contributed by atoms with E-state index < -0.39 is 12.3 Å². The normalized spacial score (nSPS) is 27.8. The lowest BCUT2D eigenvalue weighted by Gasteiger charge is -2.37. The van der Waals surface area contributed by atoms with Gasteiger partial charge in [0, 0.05) is 18.4 Å². The highest BCUT2D eigenvalue weighted by atomic mass is 16.7. The standard InChI is InChI=1S/C17H16O4/c1-11(18)21-17-16-13(12-6-3-2-4-7-12)8-5-9-14(16)15(19)10-20-17/h2-9,13,16-17H,10H2,1H3/t13-,16+,17-/m0/s1. The number of rotatable bonds is 2. The topological polar surface area (TPSA) is 52.6 Å². The van der Waals surface area contributed by atoms with Gasteiger partial charge >= 0.3 is 5.97 Å². The first-order valence-electron chi connectivity index (χ1n) is 6.92. The van der Waals surface area contributed by atoms with Gasteiger partial charge in [-0.25, -0.2) is 0 Å². The summed E-state index contributed by atoms with van der Waals surface area (Å²) in [6.45, 7) is 1.30. The summed E-state index contributed by atoms with van der Waals surface area (Å²) in [5.74, 6) is -0.786. The summed E-state index contributed by atoms with van der Waals surface area (Å²) in [6.07, 6.45) is 4.98. The quantitative estimate of drug-likeness (QED) is 0.782. The summed E-state index contributed by atoms with van der Waals surface area (Å²) in [4.78, 5) is 23.4. The largest absolute Gasteiger partial charge is 0.435 e. The number of esters is 1. The van der Waals surface area contributed by atoms with E-state index in [4.69, 9.17) is 9.47 Å². The van der Waals surface area contributed by atoms with Gasteiger partial charge in [-0.05, 0) is 5.56 Å². The van der Waals surface area contributed by atoms with E-state index in [1.165, 1.54) is 6.92 Å². The molecule has 0 unspecified atom stereocenters. The molecule has 3 rings (SSSR count). The van der Waals surface area contributed by atoms with Crippen molar-refractivity contribution < 1.29 is 19.1 Å². The number of benzene rings is 1. The average Bonchev–Trinajstić information content (AvgIpc) is 2.50. The van der Waals surface area contributed by atoms with Gasteiger partial charge in [0.25, 0.3) is 0 Å². The second kappa shape index (κ2) is 5.66. The van der Waals surface area contributed by atoms with Crippen LogP contribution in [0.25, 0.3) is 0 Å². The molecule has 1 aliphatic carbocycles. The maximum atomic E-state index is 12.1. The molecule has 0 N–H and O–H groups in total. The Kier molecular flexibility index (Phi) is 3.71. The SMILES string of the molecule is CC(=O)O[C@@H]1OCC(=O)C2=CC=C[C@@H](c3ccccc3)[C@H]21. The van der Waals surface area contributed by atoms with Crippen LogP contribution in [-0.2, 0) is 19.1 Å². The molecule has 0 amide bonds. The molecule has 0 saturated carbocycles. The number of ketones is 1. The lowest BCUT2D eigenvalue weighted by atomic mass is 9.75. The van der Waals surface area contributed by atoms with Crippen LogP contribution in [0.5, 0.6) is 0 Å². The molecule has 2 aliphatic rings. The van der Waals surface area contributed by atoms with E-state index in [-0.39, 0.29) is 24.2 Å². The molecule has 0 aromatic heterocycles. The Hall–Kier alpha value is -2.20. The summed E-state index contributed by atoms with van der Waals surface area (Å²) in [6, 6.07) is 9.85. The van der Waals surface area contributed by atoms with Gasteiger partial charge in [0.15, 0.2) is 5.78 Å². The van der Waals surface area contributed by atoms with Crippen molar-refractivity contribution in [3.05, 3.63) is 59.7 Å². The fraction of sp³-hybridized carbons (Fsp3) is 0.294. The second-order valence-electron chi connectivity index (χ2n) is 5.18. The van der Waals surface area contributed by atoms with Crippen LogP contribution in [0.1, 0.15) is 18.4 Å². The van der Waals surface area contributed by atoms with Gasteiger partial charge in [-0.15, -0.1) is 0 Å². The Bertz CT molecular complexity index is 615. The van der Waals surface area contributed by atoms with Gasteiger partial charge in [-0.3, -0.25) is 9.59 Å². The summed E-state index contributed by atoms with van der Waals surface area (Å²) < 4.78 is 10.7. The van der Waals surface area contributed by atoms with Crippen LogP contribution >= 0.6 is 0 Å². The summed E-state index contributed by atoms with van der Waals surface area (Å²) in [5.41, 5.74) is 1.74. The van der Waals surface area contributed by atoms with E-state index in [1.54, 1.807) is 6.08 Å². The van der Waals surface area contributed by atoms with Crippen molar-refractivity contribution >= 4 is 11.8 Å². The zero-order chi connectivity index (χ0) is 14.8. The lowest BCUT2D eigenvalue weighted by Crippen LogP contribution is -2.43. The molecule has 3 atom stereocenters. The molecule has 0 spiro atoms. The van der Waals surface area contributed by atoms with Crippen LogP contribution in [0.2, 0.25) is 0 Å². The Labute approximate surface area is 123 Å². The first kappa shape index (κ1) is 13.8. The van der Waals surface area contributed by atoms with Crippen molar-refractivity contribution in [3.63, 3.8) is 0 Å². The Morgan fingerprint density at radius 2 is 2.05 bits per heavy atom. The van der Waals surface area contributed by atoms with E-state index in [2.05, 4.69) is 0 Å².